The minimum absolute atomic E-state index is 0.218. The molecule has 2 nitrogen and oxygen atoms in total. The van der Waals surface area contributed by atoms with Crippen LogP contribution in [0.2, 0.25) is 0 Å². The van der Waals surface area contributed by atoms with E-state index in [1.807, 2.05) is 0 Å². The molecule has 0 aromatic rings. The van der Waals surface area contributed by atoms with Gasteiger partial charge in [-0.3, -0.25) is 0 Å². The van der Waals surface area contributed by atoms with Gasteiger partial charge in [0.05, 0.1) is 10.7 Å². The van der Waals surface area contributed by atoms with E-state index in [9.17, 15) is 9.90 Å². The third kappa shape index (κ3) is 2.39. The van der Waals surface area contributed by atoms with Crippen LogP contribution in [0.15, 0.2) is 0 Å². The predicted molar refractivity (Wildman–Crippen MR) is 49.9 cm³/mol. The third-order valence-electron chi connectivity index (χ3n) is 1.68. The maximum atomic E-state index is 10.3. The van der Waals surface area contributed by atoms with Crippen LogP contribution >= 0.6 is 23.5 Å². The van der Waals surface area contributed by atoms with E-state index in [1.165, 1.54) is 0 Å². The highest BCUT2D eigenvalue weighted by molar-refractivity contribution is 8.20. The van der Waals surface area contributed by atoms with Crippen molar-refractivity contribution in [2.75, 3.05) is 11.5 Å². The molecule has 0 aromatic heterocycles. The zero-order valence-corrected chi connectivity index (χ0v) is 8.03. The molecule has 0 spiro atoms. The summed E-state index contributed by atoms with van der Waals surface area (Å²) in [5, 5.41) is 9.54. The normalized spacial score (nSPS) is 24.9. The van der Waals surface area contributed by atoms with Gasteiger partial charge in [-0.2, -0.15) is 0 Å². The molecule has 1 heterocycles. The van der Waals surface area contributed by atoms with E-state index in [1.54, 1.807) is 30.4 Å². The SMILES string of the molecule is C[C@@H](C=O)[C@@H](O)C1SCCS1. The van der Waals surface area contributed by atoms with E-state index >= 15 is 0 Å². The van der Waals surface area contributed by atoms with Crippen molar-refractivity contribution in [3.05, 3.63) is 0 Å². The molecule has 11 heavy (non-hydrogen) atoms. The van der Waals surface area contributed by atoms with Gasteiger partial charge in [0, 0.05) is 17.4 Å². The Morgan fingerprint density at radius 2 is 2.09 bits per heavy atom. The van der Waals surface area contributed by atoms with Gasteiger partial charge in [0.2, 0.25) is 0 Å². The van der Waals surface area contributed by atoms with Crippen molar-refractivity contribution in [2.45, 2.75) is 17.6 Å². The first-order chi connectivity index (χ1) is 5.25. The summed E-state index contributed by atoms with van der Waals surface area (Å²) >= 11 is 3.50. The number of aldehydes is 1. The summed E-state index contributed by atoms with van der Waals surface area (Å²) in [7, 11) is 0. The number of aliphatic hydroxyl groups is 1. The summed E-state index contributed by atoms with van der Waals surface area (Å²) in [6, 6.07) is 0. The molecule has 4 heteroatoms. The van der Waals surface area contributed by atoms with Crippen LogP contribution in [0, 0.1) is 5.92 Å². The molecular weight excluding hydrogens is 180 g/mol. The van der Waals surface area contributed by atoms with Gasteiger partial charge in [-0.1, -0.05) is 6.92 Å². The maximum absolute atomic E-state index is 10.3. The van der Waals surface area contributed by atoms with Gasteiger partial charge in [-0.15, -0.1) is 23.5 Å². The lowest BCUT2D eigenvalue weighted by molar-refractivity contribution is -0.113. The predicted octanol–water partition coefficient (Wildman–Crippen LogP) is 0.988. The fourth-order valence-corrected chi connectivity index (χ4v) is 3.99. The highest BCUT2D eigenvalue weighted by Gasteiger charge is 2.28. The Balaban J connectivity index is 2.38. The first-order valence-electron chi connectivity index (χ1n) is 3.62. The summed E-state index contributed by atoms with van der Waals surface area (Å²) in [6.07, 6.45) is 0.356. The second kappa shape index (κ2) is 4.38. The van der Waals surface area contributed by atoms with Crippen LogP contribution in [0.25, 0.3) is 0 Å². The van der Waals surface area contributed by atoms with Gasteiger partial charge >= 0.3 is 0 Å². The first kappa shape index (κ1) is 9.42. The standard InChI is InChI=1S/C7H12O2S2/c1-5(4-8)6(9)7-10-2-3-11-7/h4-7,9H,2-3H2,1H3/t5-,6+/m0/s1. The minimum Gasteiger partial charge on any atom is -0.390 e. The molecule has 0 amide bonds. The molecule has 2 atom stereocenters. The molecule has 0 saturated carbocycles. The molecule has 64 valence electrons. The topological polar surface area (TPSA) is 37.3 Å². The van der Waals surface area contributed by atoms with Gasteiger partial charge in [-0.25, -0.2) is 0 Å². The van der Waals surface area contributed by atoms with Crippen molar-refractivity contribution in [1.82, 2.24) is 0 Å². The number of rotatable bonds is 3. The van der Waals surface area contributed by atoms with Gasteiger partial charge < -0.3 is 9.90 Å². The van der Waals surface area contributed by atoms with Crippen LogP contribution in [-0.4, -0.2) is 33.6 Å². The van der Waals surface area contributed by atoms with E-state index in [0.717, 1.165) is 17.8 Å². The molecule has 1 saturated heterocycles. The number of thioether (sulfide) groups is 2. The summed E-state index contributed by atoms with van der Waals surface area (Å²) in [6.45, 7) is 1.76. The second-order valence-electron chi connectivity index (χ2n) is 2.60. The monoisotopic (exact) mass is 192 g/mol. The van der Waals surface area contributed by atoms with E-state index < -0.39 is 6.10 Å². The van der Waals surface area contributed by atoms with E-state index in [-0.39, 0.29) is 10.5 Å². The van der Waals surface area contributed by atoms with Crippen molar-refractivity contribution >= 4 is 29.8 Å². The lowest BCUT2D eigenvalue weighted by Crippen LogP contribution is -2.27. The summed E-state index contributed by atoms with van der Waals surface area (Å²) in [5.74, 6) is 1.97. The molecule has 1 rings (SSSR count). The largest absolute Gasteiger partial charge is 0.390 e. The van der Waals surface area contributed by atoms with Crippen molar-refractivity contribution < 1.29 is 9.90 Å². The smallest absolute Gasteiger partial charge is 0.125 e. The lowest BCUT2D eigenvalue weighted by atomic mass is 10.1. The summed E-state index contributed by atoms with van der Waals surface area (Å²) < 4.78 is 0.218. The Labute approximate surface area is 75.1 Å². The summed E-state index contributed by atoms with van der Waals surface area (Å²) in [5.41, 5.74) is 0. The molecule has 1 aliphatic rings. The van der Waals surface area contributed by atoms with Crippen LogP contribution in [0.3, 0.4) is 0 Å². The highest BCUT2D eigenvalue weighted by atomic mass is 32.2. The van der Waals surface area contributed by atoms with Crippen LogP contribution in [0.4, 0.5) is 0 Å². The van der Waals surface area contributed by atoms with Crippen LogP contribution in [0.5, 0.6) is 0 Å². The third-order valence-corrected chi connectivity index (χ3v) is 4.85. The first-order valence-corrected chi connectivity index (χ1v) is 5.72. The Bertz CT molecular complexity index is 134. The zero-order valence-electron chi connectivity index (χ0n) is 6.40. The average molecular weight is 192 g/mol. The number of hydrogen-bond acceptors (Lipinski definition) is 4. The quantitative estimate of drug-likeness (QED) is 0.677. The Hall–Kier alpha value is 0.330. The number of aliphatic hydroxyl groups excluding tert-OH is 1. The second-order valence-corrected chi connectivity index (χ2v) is 5.39. The van der Waals surface area contributed by atoms with Gasteiger partial charge in [0.15, 0.2) is 0 Å². The van der Waals surface area contributed by atoms with Crippen molar-refractivity contribution in [2.24, 2.45) is 5.92 Å². The fourth-order valence-electron chi connectivity index (χ4n) is 0.902. The minimum atomic E-state index is -0.468. The van der Waals surface area contributed by atoms with Crippen LogP contribution < -0.4 is 0 Å². The molecular formula is C7H12O2S2. The van der Waals surface area contributed by atoms with Crippen molar-refractivity contribution in [1.29, 1.82) is 0 Å². The number of carbonyl (C=O) groups excluding carboxylic acids is 1. The van der Waals surface area contributed by atoms with E-state index in [4.69, 9.17) is 0 Å². The van der Waals surface area contributed by atoms with Crippen LogP contribution in [0.1, 0.15) is 6.92 Å². The zero-order chi connectivity index (χ0) is 8.27. The molecule has 1 fully saturated rings. The van der Waals surface area contributed by atoms with E-state index in [2.05, 4.69) is 0 Å². The number of carbonyl (C=O) groups is 1. The molecule has 0 aromatic carbocycles. The Morgan fingerprint density at radius 1 is 1.55 bits per heavy atom. The maximum Gasteiger partial charge on any atom is 0.125 e. The summed E-state index contributed by atoms with van der Waals surface area (Å²) in [4.78, 5) is 10.3. The fraction of sp³-hybridized carbons (Fsp3) is 0.857. The lowest BCUT2D eigenvalue weighted by Gasteiger charge is -2.18. The molecule has 1 N–H and O–H groups in total. The van der Waals surface area contributed by atoms with Gasteiger partial charge in [0.1, 0.15) is 6.29 Å². The van der Waals surface area contributed by atoms with Crippen LogP contribution in [-0.2, 0) is 4.79 Å². The number of hydrogen-bond donors (Lipinski definition) is 1. The van der Waals surface area contributed by atoms with Crippen molar-refractivity contribution in [3.8, 4) is 0 Å². The highest BCUT2D eigenvalue weighted by Crippen LogP contribution is 2.36. The molecule has 0 bridgehead atoms. The van der Waals surface area contributed by atoms with Gasteiger partial charge in [0.25, 0.3) is 0 Å². The average Bonchev–Trinajstić information content (AvgIpc) is 2.53. The molecule has 0 unspecified atom stereocenters. The van der Waals surface area contributed by atoms with E-state index in [0.29, 0.717) is 0 Å². The molecule has 0 radical (unpaired) electrons. The van der Waals surface area contributed by atoms with Gasteiger partial charge in [-0.05, 0) is 0 Å². The Kier molecular flexibility index (Phi) is 3.75. The van der Waals surface area contributed by atoms with Crippen molar-refractivity contribution in [3.63, 3.8) is 0 Å². The molecule has 1 aliphatic heterocycles. The molecule has 0 aliphatic carbocycles. The Morgan fingerprint density at radius 3 is 2.55 bits per heavy atom.